The van der Waals surface area contributed by atoms with Crippen molar-refractivity contribution in [1.29, 1.82) is 0 Å². The summed E-state index contributed by atoms with van der Waals surface area (Å²) in [6.07, 6.45) is 0.924. The number of carbonyl (C=O) groups is 3. The average molecular weight is 515 g/mol. The summed E-state index contributed by atoms with van der Waals surface area (Å²) in [4.78, 5) is 38.6. The Morgan fingerprint density at radius 3 is 1.97 bits per heavy atom. The van der Waals surface area contributed by atoms with Crippen molar-refractivity contribution in [2.45, 2.75) is 51.7 Å². The SMILES string of the molecule is CCC1(CC)C(=O)N(C(=O)NCCC(c2ccccc2)c2ccccc2)C1Oc1ccc(CC(=O)O)cc1. The predicted molar refractivity (Wildman–Crippen MR) is 145 cm³/mol. The van der Waals surface area contributed by atoms with Crippen molar-refractivity contribution >= 4 is 17.9 Å². The van der Waals surface area contributed by atoms with Gasteiger partial charge in [0, 0.05) is 12.5 Å². The fourth-order valence-electron chi connectivity index (χ4n) is 5.19. The van der Waals surface area contributed by atoms with Crippen LogP contribution in [-0.4, -0.2) is 40.7 Å². The van der Waals surface area contributed by atoms with E-state index in [1.165, 1.54) is 4.90 Å². The second kappa shape index (κ2) is 11.9. The number of hydrogen-bond acceptors (Lipinski definition) is 4. The average Bonchev–Trinajstić information content (AvgIpc) is 2.93. The zero-order chi connectivity index (χ0) is 27.1. The summed E-state index contributed by atoms with van der Waals surface area (Å²) in [5.41, 5.74) is 2.19. The number of nitrogens with one attached hydrogen (secondary N) is 1. The monoisotopic (exact) mass is 514 g/mol. The lowest BCUT2D eigenvalue weighted by molar-refractivity contribution is -0.190. The molecule has 3 amide bonds. The number of carbonyl (C=O) groups excluding carboxylic acids is 2. The number of carboxylic acids is 1. The third-order valence-electron chi connectivity index (χ3n) is 7.47. The van der Waals surface area contributed by atoms with Crippen LogP contribution in [0.1, 0.15) is 55.7 Å². The molecule has 1 heterocycles. The molecule has 1 atom stereocenters. The highest BCUT2D eigenvalue weighted by atomic mass is 16.5. The number of nitrogens with zero attached hydrogens (tertiary/aromatic N) is 1. The normalized spacial score (nSPS) is 16.1. The Balaban J connectivity index is 1.45. The van der Waals surface area contributed by atoms with E-state index in [2.05, 4.69) is 29.6 Å². The fraction of sp³-hybridized carbons (Fsp3) is 0.323. The zero-order valence-electron chi connectivity index (χ0n) is 21.8. The third-order valence-corrected chi connectivity index (χ3v) is 7.47. The molecular weight excluding hydrogens is 480 g/mol. The van der Waals surface area contributed by atoms with Crippen LogP contribution in [0.4, 0.5) is 4.79 Å². The number of ether oxygens (including phenoxy) is 1. The van der Waals surface area contributed by atoms with Gasteiger partial charge in [-0.05, 0) is 48.1 Å². The van der Waals surface area contributed by atoms with Crippen molar-refractivity contribution in [2.24, 2.45) is 5.41 Å². The Labute approximate surface area is 223 Å². The van der Waals surface area contributed by atoms with Crippen molar-refractivity contribution in [3.63, 3.8) is 0 Å². The highest BCUT2D eigenvalue weighted by Crippen LogP contribution is 2.46. The summed E-state index contributed by atoms with van der Waals surface area (Å²) in [7, 11) is 0. The molecule has 1 aliphatic heterocycles. The molecular formula is C31H34N2O5. The lowest BCUT2D eigenvalue weighted by Gasteiger charge is -2.53. The molecule has 3 aromatic rings. The van der Waals surface area contributed by atoms with Crippen molar-refractivity contribution < 1.29 is 24.2 Å². The van der Waals surface area contributed by atoms with E-state index in [9.17, 15) is 14.4 Å². The standard InChI is InChI=1S/C31H34N2O5/c1-3-31(4-2)28(36)33(29(31)38-25-17-15-22(16-18-25)21-27(34)35)30(37)32-20-19-26(23-11-7-5-8-12-23)24-13-9-6-10-14-24/h5-18,26,29H,3-4,19-21H2,1-2H3,(H,32,37)(H,34,35). The second-order valence-corrected chi connectivity index (χ2v) is 9.62. The first-order valence-electron chi connectivity index (χ1n) is 13.1. The maximum atomic E-state index is 13.2. The number of rotatable bonds is 11. The Bertz CT molecular complexity index is 1200. The van der Waals surface area contributed by atoms with Gasteiger partial charge in [-0.2, -0.15) is 0 Å². The molecule has 1 unspecified atom stereocenters. The number of aliphatic carboxylic acids is 1. The Kier molecular flexibility index (Phi) is 8.46. The highest BCUT2D eigenvalue weighted by Gasteiger charge is 2.62. The topological polar surface area (TPSA) is 95.9 Å². The molecule has 0 aromatic heterocycles. The molecule has 0 bridgehead atoms. The number of amides is 3. The van der Waals surface area contributed by atoms with Gasteiger partial charge in [-0.15, -0.1) is 0 Å². The summed E-state index contributed by atoms with van der Waals surface area (Å²) in [5, 5.41) is 11.9. The van der Waals surface area contributed by atoms with E-state index in [1.807, 2.05) is 50.2 Å². The first-order chi connectivity index (χ1) is 18.4. The first kappa shape index (κ1) is 26.9. The molecule has 0 radical (unpaired) electrons. The smallest absolute Gasteiger partial charge is 0.327 e. The van der Waals surface area contributed by atoms with Crippen LogP contribution in [0.3, 0.4) is 0 Å². The van der Waals surface area contributed by atoms with E-state index >= 15 is 0 Å². The number of carboxylic acid groups (broad SMARTS) is 1. The number of urea groups is 1. The Morgan fingerprint density at radius 1 is 0.921 bits per heavy atom. The molecule has 38 heavy (non-hydrogen) atoms. The van der Waals surface area contributed by atoms with Crippen molar-refractivity contribution in [3.05, 3.63) is 102 Å². The number of benzene rings is 3. The predicted octanol–water partition coefficient (Wildman–Crippen LogP) is 5.60. The number of imide groups is 1. The van der Waals surface area contributed by atoms with Crippen LogP contribution in [0.25, 0.3) is 0 Å². The lowest BCUT2D eigenvalue weighted by Crippen LogP contribution is -2.73. The molecule has 7 heteroatoms. The molecule has 1 fully saturated rings. The fourth-order valence-corrected chi connectivity index (χ4v) is 5.19. The van der Waals surface area contributed by atoms with Crippen LogP contribution < -0.4 is 10.1 Å². The van der Waals surface area contributed by atoms with Crippen LogP contribution in [0.2, 0.25) is 0 Å². The van der Waals surface area contributed by atoms with E-state index in [0.29, 0.717) is 37.1 Å². The highest BCUT2D eigenvalue weighted by molar-refractivity contribution is 6.03. The van der Waals surface area contributed by atoms with E-state index < -0.39 is 23.6 Å². The van der Waals surface area contributed by atoms with E-state index in [4.69, 9.17) is 9.84 Å². The number of likely N-dealkylation sites (tertiary alicyclic amines) is 1. The molecule has 0 spiro atoms. The van der Waals surface area contributed by atoms with Gasteiger partial charge in [0.2, 0.25) is 5.91 Å². The molecule has 4 rings (SSSR count). The van der Waals surface area contributed by atoms with Gasteiger partial charge in [0.25, 0.3) is 0 Å². The zero-order valence-corrected chi connectivity index (χ0v) is 21.8. The second-order valence-electron chi connectivity index (χ2n) is 9.62. The van der Waals surface area contributed by atoms with Gasteiger partial charge in [0.1, 0.15) is 11.2 Å². The molecule has 0 aliphatic carbocycles. The van der Waals surface area contributed by atoms with Crippen molar-refractivity contribution in [2.75, 3.05) is 6.54 Å². The van der Waals surface area contributed by atoms with E-state index in [1.54, 1.807) is 24.3 Å². The molecule has 0 saturated carbocycles. The van der Waals surface area contributed by atoms with Gasteiger partial charge in [0.15, 0.2) is 6.23 Å². The van der Waals surface area contributed by atoms with Gasteiger partial charge in [0.05, 0.1) is 6.42 Å². The van der Waals surface area contributed by atoms with Crippen LogP contribution in [0.5, 0.6) is 5.75 Å². The van der Waals surface area contributed by atoms with Crippen LogP contribution in [0, 0.1) is 5.41 Å². The molecule has 1 saturated heterocycles. The van der Waals surface area contributed by atoms with Crippen LogP contribution >= 0.6 is 0 Å². The molecule has 198 valence electrons. The van der Waals surface area contributed by atoms with Crippen LogP contribution in [-0.2, 0) is 16.0 Å². The molecule has 1 aliphatic rings. The number of β-lactam (4-membered cyclic amide) rings is 1. The summed E-state index contributed by atoms with van der Waals surface area (Å²) in [5.74, 6) is -0.570. The van der Waals surface area contributed by atoms with E-state index in [0.717, 1.165) is 11.1 Å². The number of hydrogen-bond donors (Lipinski definition) is 2. The minimum absolute atomic E-state index is 0.0858. The van der Waals surface area contributed by atoms with Crippen molar-refractivity contribution in [3.8, 4) is 5.75 Å². The maximum Gasteiger partial charge on any atom is 0.327 e. The molecule has 3 aromatic carbocycles. The minimum atomic E-state index is -0.913. The quantitative estimate of drug-likeness (QED) is 0.325. The summed E-state index contributed by atoms with van der Waals surface area (Å²) < 4.78 is 6.18. The van der Waals surface area contributed by atoms with Gasteiger partial charge in [-0.3, -0.25) is 9.59 Å². The maximum absolute atomic E-state index is 13.2. The molecule has 7 nitrogen and oxygen atoms in total. The summed E-state index contributed by atoms with van der Waals surface area (Å²) >= 11 is 0. The van der Waals surface area contributed by atoms with Crippen molar-refractivity contribution in [1.82, 2.24) is 10.2 Å². The largest absolute Gasteiger partial charge is 0.481 e. The van der Waals surface area contributed by atoms with Gasteiger partial charge in [-0.1, -0.05) is 86.6 Å². The Morgan fingerprint density at radius 2 is 1.47 bits per heavy atom. The first-order valence-corrected chi connectivity index (χ1v) is 13.1. The van der Waals surface area contributed by atoms with Gasteiger partial charge in [-0.25, -0.2) is 9.69 Å². The van der Waals surface area contributed by atoms with E-state index in [-0.39, 0.29) is 18.2 Å². The van der Waals surface area contributed by atoms with Gasteiger partial charge < -0.3 is 15.2 Å². The van der Waals surface area contributed by atoms with Crippen LogP contribution in [0.15, 0.2) is 84.9 Å². The summed E-state index contributed by atoms with van der Waals surface area (Å²) in [6.45, 7) is 4.24. The molecule has 2 N–H and O–H groups in total. The minimum Gasteiger partial charge on any atom is -0.481 e. The summed E-state index contributed by atoms with van der Waals surface area (Å²) in [6, 6.07) is 26.6. The van der Waals surface area contributed by atoms with Gasteiger partial charge >= 0.3 is 12.0 Å². The third kappa shape index (κ3) is 5.57. The lowest BCUT2D eigenvalue weighted by atomic mass is 9.72. The Hall–Kier alpha value is -4.13.